The van der Waals surface area contributed by atoms with Crippen LogP contribution in [-0.2, 0) is 26.0 Å². The van der Waals surface area contributed by atoms with E-state index in [0.29, 0.717) is 43.6 Å². The number of hydrogen-bond donors (Lipinski definition) is 3. The number of amides is 1. The molecule has 0 bridgehead atoms. The topological polar surface area (TPSA) is 99.8 Å². The molecule has 0 spiro atoms. The molecule has 2 aliphatic rings. The highest BCUT2D eigenvalue weighted by molar-refractivity contribution is 7.89. The Kier molecular flexibility index (Phi) is 11.5. The van der Waals surface area contributed by atoms with Crippen molar-refractivity contribution in [2.24, 2.45) is 5.92 Å². The van der Waals surface area contributed by atoms with Gasteiger partial charge in [-0.1, -0.05) is 30.2 Å². The molecular formula is C26H43ClN4O4S. The lowest BCUT2D eigenvalue weighted by Gasteiger charge is -2.39. The van der Waals surface area contributed by atoms with E-state index in [1.54, 1.807) is 18.3 Å². The second kappa shape index (κ2) is 14.1. The minimum absolute atomic E-state index is 0.00120. The van der Waals surface area contributed by atoms with Crippen molar-refractivity contribution >= 4 is 27.5 Å². The quantitative estimate of drug-likeness (QED) is 0.331. The van der Waals surface area contributed by atoms with E-state index in [0.717, 1.165) is 37.7 Å². The molecule has 3 N–H and O–H groups in total. The van der Waals surface area contributed by atoms with Gasteiger partial charge in [0.1, 0.15) is 0 Å². The Labute approximate surface area is 221 Å². The van der Waals surface area contributed by atoms with Gasteiger partial charge >= 0.3 is 0 Å². The van der Waals surface area contributed by atoms with Crippen molar-refractivity contribution in [2.45, 2.75) is 76.5 Å². The first-order chi connectivity index (χ1) is 17.2. The third-order valence-electron chi connectivity index (χ3n) is 7.51. The van der Waals surface area contributed by atoms with Crippen molar-refractivity contribution in [3.63, 3.8) is 0 Å². The molecule has 10 heteroatoms. The highest BCUT2D eigenvalue weighted by Crippen LogP contribution is 2.31. The lowest BCUT2D eigenvalue weighted by molar-refractivity contribution is -0.124. The van der Waals surface area contributed by atoms with Gasteiger partial charge in [-0.15, -0.1) is 0 Å². The van der Waals surface area contributed by atoms with Crippen LogP contribution in [0.1, 0.15) is 51.5 Å². The van der Waals surface area contributed by atoms with Crippen molar-refractivity contribution in [3.05, 3.63) is 34.9 Å². The summed E-state index contributed by atoms with van der Waals surface area (Å²) in [5, 5.41) is 10.8. The molecule has 1 heterocycles. The van der Waals surface area contributed by atoms with Crippen molar-refractivity contribution in [1.29, 1.82) is 0 Å². The fraction of sp³-hybridized carbons (Fsp3) is 0.731. The molecule has 0 aromatic heterocycles. The number of nitrogens with one attached hydrogen (secondary N) is 3. The van der Waals surface area contributed by atoms with E-state index in [1.165, 1.54) is 0 Å². The number of carbonyl (C=O) groups excluding carboxylic acids is 1. The summed E-state index contributed by atoms with van der Waals surface area (Å²) >= 11 is 6.03. The average Bonchev–Trinajstić information content (AvgIpc) is 3.30. The molecule has 0 radical (unpaired) electrons. The van der Waals surface area contributed by atoms with Gasteiger partial charge in [0.2, 0.25) is 15.9 Å². The SMILES string of the molecule is CCS(=O)(=O)N1CC(C)NCC1CCC1CCCC1NC(=O)C(Cc1ccc(Cl)cc1)NCCOC. The van der Waals surface area contributed by atoms with Crippen LogP contribution >= 0.6 is 11.6 Å². The van der Waals surface area contributed by atoms with E-state index in [4.69, 9.17) is 16.3 Å². The van der Waals surface area contributed by atoms with Crippen LogP contribution in [0.2, 0.25) is 5.02 Å². The van der Waals surface area contributed by atoms with Crippen molar-refractivity contribution in [1.82, 2.24) is 20.3 Å². The molecule has 1 aromatic carbocycles. The van der Waals surface area contributed by atoms with Gasteiger partial charge in [0.25, 0.3) is 0 Å². The van der Waals surface area contributed by atoms with Crippen LogP contribution < -0.4 is 16.0 Å². The molecule has 1 aliphatic heterocycles. The Balaban J connectivity index is 1.59. The number of ether oxygens (including phenoxy) is 1. The number of halogens is 1. The predicted octanol–water partition coefficient (Wildman–Crippen LogP) is 2.56. The number of nitrogens with zero attached hydrogens (tertiary/aromatic N) is 1. The number of hydrogen-bond acceptors (Lipinski definition) is 6. The minimum Gasteiger partial charge on any atom is -0.383 e. The first-order valence-corrected chi connectivity index (χ1v) is 15.2. The monoisotopic (exact) mass is 542 g/mol. The minimum atomic E-state index is -3.24. The Morgan fingerprint density at radius 1 is 1.25 bits per heavy atom. The molecule has 204 valence electrons. The molecule has 2 fully saturated rings. The van der Waals surface area contributed by atoms with Gasteiger partial charge in [0.15, 0.2) is 0 Å². The molecule has 5 unspecified atom stereocenters. The summed E-state index contributed by atoms with van der Waals surface area (Å²) in [6, 6.07) is 7.47. The van der Waals surface area contributed by atoms with Gasteiger partial charge in [0, 0.05) is 49.9 Å². The molecule has 3 rings (SSSR count). The van der Waals surface area contributed by atoms with E-state index < -0.39 is 10.0 Å². The molecular weight excluding hydrogens is 500 g/mol. The highest BCUT2D eigenvalue weighted by Gasteiger charge is 2.36. The molecule has 36 heavy (non-hydrogen) atoms. The number of rotatable bonds is 13. The van der Waals surface area contributed by atoms with Gasteiger partial charge in [-0.2, -0.15) is 4.31 Å². The zero-order valence-corrected chi connectivity index (χ0v) is 23.4. The summed E-state index contributed by atoms with van der Waals surface area (Å²) < 4.78 is 32.2. The lowest BCUT2D eigenvalue weighted by Crippen LogP contribution is -2.57. The van der Waals surface area contributed by atoms with Crippen LogP contribution in [-0.4, -0.2) is 81.9 Å². The maximum Gasteiger partial charge on any atom is 0.237 e. The van der Waals surface area contributed by atoms with E-state index in [2.05, 4.69) is 16.0 Å². The Hall–Kier alpha value is -1.23. The van der Waals surface area contributed by atoms with Gasteiger partial charge < -0.3 is 20.7 Å². The average molecular weight is 543 g/mol. The zero-order chi connectivity index (χ0) is 26.1. The molecule has 5 atom stereocenters. The fourth-order valence-corrected chi connectivity index (χ4v) is 6.93. The van der Waals surface area contributed by atoms with Crippen molar-refractivity contribution in [3.8, 4) is 0 Å². The molecule has 8 nitrogen and oxygen atoms in total. The number of benzene rings is 1. The fourth-order valence-electron chi connectivity index (χ4n) is 5.39. The number of sulfonamides is 1. The van der Waals surface area contributed by atoms with Crippen molar-refractivity contribution < 1.29 is 17.9 Å². The molecule has 1 saturated carbocycles. The summed E-state index contributed by atoms with van der Waals surface area (Å²) in [6.07, 6.45) is 5.36. The summed E-state index contributed by atoms with van der Waals surface area (Å²) in [6.45, 7) is 6.05. The van der Waals surface area contributed by atoms with E-state index in [-0.39, 0.29) is 35.8 Å². The first-order valence-electron chi connectivity index (χ1n) is 13.2. The van der Waals surface area contributed by atoms with Crippen molar-refractivity contribution in [2.75, 3.05) is 39.1 Å². The third kappa shape index (κ3) is 8.39. The van der Waals surface area contributed by atoms with Crippen LogP contribution in [0.4, 0.5) is 0 Å². The van der Waals surface area contributed by atoms with Crippen LogP contribution in [0.5, 0.6) is 0 Å². The number of methoxy groups -OCH3 is 1. The maximum atomic E-state index is 13.3. The van der Waals surface area contributed by atoms with E-state index in [1.807, 2.05) is 31.2 Å². The van der Waals surface area contributed by atoms with Crippen LogP contribution in [0.3, 0.4) is 0 Å². The summed E-state index contributed by atoms with van der Waals surface area (Å²) in [4.78, 5) is 13.3. The van der Waals surface area contributed by atoms with E-state index in [9.17, 15) is 13.2 Å². The Morgan fingerprint density at radius 3 is 2.69 bits per heavy atom. The Bertz CT molecular complexity index is 930. The second-order valence-electron chi connectivity index (χ2n) is 10.1. The normalized spacial score (nSPS) is 26.1. The maximum absolute atomic E-state index is 13.3. The highest BCUT2D eigenvalue weighted by atomic mass is 35.5. The van der Waals surface area contributed by atoms with E-state index >= 15 is 0 Å². The standard InChI is InChI=1S/C26H43ClN4O4S/c1-4-36(33,34)31-18-19(2)29-17-23(31)13-10-21-6-5-7-24(21)30-26(32)25(28-14-15-35-3)16-20-8-11-22(27)12-9-20/h8-9,11-12,19,21,23-25,28-29H,4-7,10,13-18H2,1-3H3,(H,30,32). The largest absolute Gasteiger partial charge is 0.383 e. The molecule has 1 saturated heterocycles. The van der Waals surface area contributed by atoms with Gasteiger partial charge in [0.05, 0.1) is 18.4 Å². The van der Waals surface area contributed by atoms with Gasteiger partial charge in [-0.25, -0.2) is 8.42 Å². The summed E-state index contributed by atoms with van der Waals surface area (Å²) in [7, 11) is -1.59. The van der Waals surface area contributed by atoms with Gasteiger partial charge in [-0.3, -0.25) is 4.79 Å². The summed E-state index contributed by atoms with van der Waals surface area (Å²) in [5.41, 5.74) is 1.05. The summed E-state index contributed by atoms with van der Waals surface area (Å²) in [5.74, 6) is 0.486. The van der Waals surface area contributed by atoms with Crippen LogP contribution in [0.25, 0.3) is 0 Å². The molecule has 1 amide bonds. The number of piperazine rings is 1. The lowest BCUT2D eigenvalue weighted by atomic mass is 9.93. The van der Waals surface area contributed by atoms with Gasteiger partial charge in [-0.05, 0) is 69.6 Å². The molecule has 1 aromatic rings. The predicted molar refractivity (Wildman–Crippen MR) is 145 cm³/mol. The van der Waals surface area contributed by atoms with Crippen LogP contribution in [0.15, 0.2) is 24.3 Å². The second-order valence-corrected chi connectivity index (χ2v) is 12.8. The first kappa shape index (κ1) is 29.3. The smallest absolute Gasteiger partial charge is 0.237 e. The molecule has 1 aliphatic carbocycles. The third-order valence-corrected chi connectivity index (χ3v) is 9.65. The Morgan fingerprint density at radius 2 is 2.00 bits per heavy atom. The van der Waals surface area contributed by atoms with Crippen LogP contribution in [0, 0.1) is 5.92 Å². The zero-order valence-electron chi connectivity index (χ0n) is 21.8. The number of carbonyl (C=O) groups is 1.